The minimum atomic E-state index is -2.17. The van der Waals surface area contributed by atoms with Crippen molar-refractivity contribution in [3.05, 3.63) is 47.5 Å². The van der Waals surface area contributed by atoms with Crippen LogP contribution in [0.3, 0.4) is 0 Å². The van der Waals surface area contributed by atoms with Crippen LogP contribution in [-0.2, 0) is 9.22 Å². The smallest absolute Gasteiger partial charge is 0.203 e. The Bertz CT molecular complexity index is 1050. The molecule has 0 spiro atoms. The lowest BCUT2D eigenvalue weighted by atomic mass is 9.96. The highest BCUT2D eigenvalue weighted by molar-refractivity contribution is 6.74. The largest absolute Gasteiger partial charge is 0.497 e. The van der Waals surface area contributed by atoms with Crippen LogP contribution < -0.4 is 18.9 Å². The van der Waals surface area contributed by atoms with Crippen molar-refractivity contribution in [2.75, 3.05) is 28.4 Å². The van der Waals surface area contributed by atoms with Crippen LogP contribution >= 0.6 is 0 Å². The van der Waals surface area contributed by atoms with E-state index in [-0.39, 0.29) is 10.8 Å². The van der Waals surface area contributed by atoms with Gasteiger partial charge in [-0.05, 0) is 59.1 Å². The number of carbonyl (C=O) groups excluding carboxylic acids is 1. The number of ketones is 1. The molecule has 0 fully saturated rings. The summed E-state index contributed by atoms with van der Waals surface area (Å²) in [5.74, 6) is 2.22. The van der Waals surface area contributed by atoms with Gasteiger partial charge in [0.15, 0.2) is 25.6 Å². The predicted octanol–water partition coefficient (Wildman–Crippen LogP) is 6.00. The molecule has 0 saturated carbocycles. The average Bonchev–Trinajstić information content (AvgIpc) is 3.12. The van der Waals surface area contributed by atoms with E-state index >= 15 is 0 Å². The maximum Gasteiger partial charge on any atom is 0.203 e. The highest BCUT2D eigenvalue weighted by Gasteiger charge is 2.44. The molecule has 3 rings (SSSR count). The number of benzene rings is 2. The van der Waals surface area contributed by atoms with Gasteiger partial charge in [0, 0.05) is 12.0 Å². The van der Waals surface area contributed by atoms with Gasteiger partial charge in [-0.25, -0.2) is 0 Å². The molecule has 2 aromatic rings. The molecule has 0 amide bonds. The fourth-order valence-corrected chi connectivity index (χ4v) is 5.17. The highest BCUT2D eigenvalue weighted by Crippen LogP contribution is 2.47. The van der Waals surface area contributed by atoms with Crippen molar-refractivity contribution in [2.45, 2.75) is 51.4 Å². The second kappa shape index (κ2) is 9.84. The number of hydrogen-bond donors (Lipinski definition) is 0. The van der Waals surface area contributed by atoms with Gasteiger partial charge in [0.1, 0.15) is 11.9 Å². The van der Waals surface area contributed by atoms with Gasteiger partial charge in [-0.2, -0.15) is 0 Å². The Hall–Kier alpha value is -2.77. The van der Waals surface area contributed by atoms with Gasteiger partial charge < -0.3 is 23.4 Å². The normalized spacial score (nSPS) is 16.6. The Morgan fingerprint density at radius 2 is 1.38 bits per heavy atom. The molecule has 0 saturated heterocycles. The van der Waals surface area contributed by atoms with E-state index in [0.717, 1.165) is 16.9 Å². The number of rotatable bonds is 8. The first-order valence-corrected chi connectivity index (χ1v) is 14.3. The molecule has 1 aliphatic rings. The lowest BCUT2D eigenvalue weighted by molar-refractivity contribution is -0.119. The Kier molecular flexibility index (Phi) is 7.48. The lowest BCUT2D eigenvalue weighted by Gasteiger charge is -2.38. The van der Waals surface area contributed by atoms with Crippen LogP contribution in [0, 0.1) is 0 Å². The maximum atomic E-state index is 13.9. The zero-order valence-electron chi connectivity index (χ0n) is 21.7. The molecule has 0 heterocycles. The van der Waals surface area contributed by atoms with Crippen LogP contribution in [0.4, 0.5) is 0 Å². The number of methoxy groups -OCH3 is 4. The molecule has 184 valence electrons. The van der Waals surface area contributed by atoms with Crippen molar-refractivity contribution < 1.29 is 28.2 Å². The van der Waals surface area contributed by atoms with E-state index in [4.69, 9.17) is 23.4 Å². The van der Waals surface area contributed by atoms with Crippen LogP contribution in [0.5, 0.6) is 23.0 Å². The van der Waals surface area contributed by atoms with Crippen molar-refractivity contribution >= 4 is 25.2 Å². The molecule has 0 bridgehead atoms. The number of carbonyl (C=O) groups is 1. The predicted molar refractivity (Wildman–Crippen MR) is 138 cm³/mol. The Balaban J connectivity index is 2.16. The summed E-state index contributed by atoms with van der Waals surface area (Å²) in [7, 11) is 4.16. The van der Waals surface area contributed by atoms with Crippen LogP contribution in [0.1, 0.15) is 38.3 Å². The second-order valence-corrected chi connectivity index (χ2v) is 14.7. The summed E-state index contributed by atoms with van der Waals surface area (Å²) < 4.78 is 28.5. The van der Waals surface area contributed by atoms with Crippen molar-refractivity contribution in [1.82, 2.24) is 0 Å². The summed E-state index contributed by atoms with van der Waals surface area (Å²) in [6.45, 7) is 10.9. The summed E-state index contributed by atoms with van der Waals surface area (Å²) in [4.78, 5) is 13.9. The molecule has 1 atom stereocenters. The van der Waals surface area contributed by atoms with Crippen LogP contribution in [0.2, 0.25) is 18.1 Å². The van der Waals surface area contributed by atoms with E-state index < -0.39 is 14.4 Å². The molecule has 0 N–H and O–H groups in total. The zero-order valence-corrected chi connectivity index (χ0v) is 22.7. The first-order valence-electron chi connectivity index (χ1n) is 11.4. The molecule has 0 aliphatic heterocycles. The van der Waals surface area contributed by atoms with Crippen LogP contribution in [0.15, 0.2) is 36.4 Å². The molecule has 0 aromatic heterocycles. The van der Waals surface area contributed by atoms with Gasteiger partial charge in [-0.3, -0.25) is 4.79 Å². The van der Waals surface area contributed by atoms with Crippen molar-refractivity contribution in [3.63, 3.8) is 0 Å². The zero-order chi connectivity index (χ0) is 25.3. The third-order valence-electron chi connectivity index (χ3n) is 6.87. The summed E-state index contributed by atoms with van der Waals surface area (Å²) >= 11 is 0. The third-order valence-corrected chi connectivity index (χ3v) is 11.4. The molecule has 34 heavy (non-hydrogen) atoms. The summed E-state index contributed by atoms with van der Waals surface area (Å²) in [5.41, 5.74) is 3.23. The summed E-state index contributed by atoms with van der Waals surface area (Å²) in [6.07, 6.45) is -0.0315. The lowest BCUT2D eigenvalue weighted by Crippen LogP contribution is -2.45. The number of hydrogen-bond acceptors (Lipinski definition) is 6. The fourth-order valence-electron chi connectivity index (χ4n) is 3.91. The van der Waals surface area contributed by atoms with Gasteiger partial charge in [0.05, 0.1) is 28.4 Å². The number of ether oxygens (including phenoxy) is 4. The topological polar surface area (TPSA) is 63.2 Å². The van der Waals surface area contributed by atoms with E-state index in [1.807, 2.05) is 36.4 Å². The van der Waals surface area contributed by atoms with E-state index in [1.165, 1.54) is 0 Å². The summed E-state index contributed by atoms with van der Waals surface area (Å²) in [5, 5.41) is -0.0110. The molecule has 0 radical (unpaired) electrons. The Labute approximate surface area is 204 Å². The monoisotopic (exact) mass is 484 g/mol. The molecule has 6 nitrogen and oxygen atoms in total. The Morgan fingerprint density at radius 1 is 0.824 bits per heavy atom. The molecule has 1 aliphatic carbocycles. The van der Waals surface area contributed by atoms with E-state index in [9.17, 15) is 4.79 Å². The molecular weight excluding hydrogens is 448 g/mol. The molecular formula is C27H36O6Si. The minimum Gasteiger partial charge on any atom is -0.497 e. The van der Waals surface area contributed by atoms with E-state index in [0.29, 0.717) is 34.8 Å². The van der Waals surface area contributed by atoms with Gasteiger partial charge >= 0.3 is 0 Å². The van der Waals surface area contributed by atoms with Gasteiger partial charge in [0.2, 0.25) is 5.75 Å². The third kappa shape index (κ3) is 4.86. The Morgan fingerprint density at radius 3 is 1.82 bits per heavy atom. The summed E-state index contributed by atoms with van der Waals surface area (Å²) in [6, 6.07) is 11.4. The van der Waals surface area contributed by atoms with Crippen molar-refractivity contribution in [1.29, 1.82) is 0 Å². The quantitative estimate of drug-likeness (QED) is 0.429. The van der Waals surface area contributed by atoms with Crippen LogP contribution in [0.25, 0.3) is 11.1 Å². The molecule has 1 unspecified atom stereocenters. The minimum absolute atomic E-state index is 0.0110. The second-order valence-electron chi connectivity index (χ2n) is 9.93. The molecule has 7 heteroatoms. The molecule has 2 aromatic carbocycles. The van der Waals surface area contributed by atoms with E-state index in [1.54, 1.807) is 28.4 Å². The van der Waals surface area contributed by atoms with Gasteiger partial charge in [0.25, 0.3) is 0 Å². The first-order chi connectivity index (χ1) is 16.0. The first kappa shape index (κ1) is 25.8. The van der Waals surface area contributed by atoms with E-state index in [2.05, 4.69) is 33.9 Å². The van der Waals surface area contributed by atoms with Crippen molar-refractivity contribution in [2.24, 2.45) is 0 Å². The average molecular weight is 485 g/mol. The van der Waals surface area contributed by atoms with Crippen molar-refractivity contribution in [3.8, 4) is 23.0 Å². The fraction of sp³-hybridized carbons (Fsp3) is 0.444. The van der Waals surface area contributed by atoms with Gasteiger partial charge in [-0.1, -0.05) is 32.9 Å². The maximum absolute atomic E-state index is 13.9. The highest BCUT2D eigenvalue weighted by atomic mass is 28.4. The standard InChI is InChI=1S/C27H36O6Si/c1-27(2,3)34(8,9)33-21-16-20(17-10-12-19(29-4)13-11-17)24(25(21)28)18-14-22(30-5)26(32-7)23(15-18)31-6/h10-15,21H,16H2,1-9H3. The van der Waals surface area contributed by atoms with Crippen LogP contribution in [-0.4, -0.2) is 48.6 Å². The SMILES string of the molecule is COc1ccc(C2=C(c3cc(OC)c(OC)c(OC)c3)C(=O)C(O[Si](C)(C)C(C)(C)C)C2)cc1. The number of Topliss-reactive ketones (excluding diaryl/α,β-unsaturated/α-hetero) is 1. The van der Waals surface area contributed by atoms with Gasteiger partial charge in [-0.15, -0.1) is 0 Å².